The second-order valence-corrected chi connectivity index (χ2v) is 7.44. The molecule has 0 N–H and O–H groups in total. The highest BCUT2D eigenvalue weighted by atomic mass is 16.1. The molecule has 0 aromatic heterocycles. The summed E-state index contributed by atoms with van der Waals surface area (Å²) in [5.74, 6) is 1.81. The van der Waals surface area contributed by atoms with Crippen molar-refractivity contribution in [3.8, 4) is 0 Å². The lowest BCUT2D eigenvalue weighted by atomic mass is 9.66. The highest BCUT2D eigenvalue weighted by Gasteiger charge is 2.35. The molecule has 0 saturated heterocycles. The Labute approximate surface area is 149 Å². The largest absolute Gasteiger partial charge is 0.235 e. The van der Waals surface area contributed by atoms with Crippen molar-refractivity contribution >= 4 is 12.2 Å². The highest BCUT2D eigenvalue weighted by molar-refractivity contribution is 5.34. The predicted molar refractivity (Wildman–Crippen MR) is 95.8 cm³/mol. The van der Waals surface area contributed by atoms with Crippen molar-refractivity contribution in [2.75, 3.05) is 0 Å². The number of hydrogen-bond acceptors (Lipinski definition) is 4. The van der Waals surface area contributed by atoms with Gasteiger partial charge in [0.15, 0.2) is 0 Å². The first-order valence-electron chi connectivity index (χ1n) is 9.41. The van der Waals surface area contributed by atoms with Gasteiger partial charge in [-0.3, -0.25) is 0 Å². The van der Waals surface area contributed by atoms with Crippen LogP contribution in [-0.4, -0.2) is 24.2 Å². The topological polar surface area (TPSA) is 58.9 Å². The van der Waals surface area contributed by atoms with Crippen molar-refractivity contribution < 1.29 is 9.59 Å². The highest BCUT2D eigenvalue weighted by Crippen LogP contribution is 2.46. The minimum absolute atomic E-state index is 0.163. The standard InChI is InChI=1S/C21H25N2O2/c24-14-22-19-10-6-17(7-11-19)21(16-4-2-1-3-5-16)18-8-12-20(13-9-18)23-15-25/h2-5,17-21H,6-13H2. The van der Waals surface area contributed by atoms with Gasteiger partial charge in [0.25, 0.3) is 0 Å². The van der Waals surface area contributed by atoms with Crippen LogP contribution >= 0.6 is 0 Å². The Morgan fingerprint density at radius 1 is 0.800 bits per heavy atom. The van der Waals surface area contributed by atoms with E-state index in [1.807, 2.05) is 12.1 Å². The van der Waals surface area contributed by atoms with E-state index in [0.717, 1.165) is 51.4 Å². The fraction of sp³-hybridized carbons (Fsp3) is 0.619. The summed E-state index contributed by atoms with van der Waals surface area (Å²) in [5.41, 5.74) is 1.41. The van der Waals surface area contributed by atoms with Crippen LogP contribution in [0.5, 0.6) is 0 Å². The fourth-order valence-corrected chi connectivity index (χ4v) is 4.88. The zero-order valence-electron chi connectivity index (χ0n) is 14.6. The average Bonchev–Trinajstić information content (AvgIpc) is 2.66. The maximum absolute atomic E-state index is 10.5. The second-order valence-electron chi connectivity index (χ2n) is 7.44. The van der Waals surface area contributed by atoms with Crippen LogP contribution in [0.15, 0.2) is 34.3 Å². The van der Waals surface area contributed by atoms with Gasteiger partial charge in [0, 0.05) is 0 Å². The maximum Gasteiger partial charge on any atom is 0.235 e. The van der Waals surface area contributed by atoms with Crippen LogP contribution in [-0.2, 0) is 9.59 Å². The summed E-state index contributed by atoms with van der Waals surface area (Å²) in [5, 5.41) is 0. The van der Waals surface area contributed by atoms with E-state index >= 15 is 0 Å². The van der Waals surface area contributed by atoms with E-state index in [4.69, 9.17) is 0 Å². The average molecular weight is 337 g/mol. The number of isocyanates is 2. The lowest BCUT2D eigenvalue weighted by Crippen LogP contribution is -2.30. The van der Waals surface area contributed by atoms with E-state index in [-0.39, 0.29) is 12.1 Å². The Kier molecular flexibility index (Phi) is 6.33. The van der Waals surface area contributed by atoms with Crippen LogP contribution in [0.2, 0.25) is 0 Å². The van der Waals surface area contributed by atoms with E-state index in [0.29, 0.717) is 17.8 Å². The molecule has 0 amide bonds. The number of rotatable bonds is 5. The third-order valence-electron chi connectivity index (χ3n) is 6.10. The molecule has 3 rings (SSSR count). The fourth-order valence-electron chi connectivity index (χ4n) is 4.88. The number of carbonyl (C=O) groups excluding carboxylic acids is 2. The van der Waals surface area contributed by atoms with Crippen LogP contribution in [0.4, 0.5) is 0 Å². The molecule has 2 saturated carbocycles. The molecule has 0 heterocycles. The first-order valence-corrected chi connectivity index (χ1v) is 9.41. The van der Waals surface area contributed by atoms with Crippen LogP contribution in [0.25, 0.3) is 0 Å². The molecule has 1 aromatic carbocycles. The SMILES string of the molecule is O=C=NC1CCC(C(c2cc[c]cc2)C2CCC(N=C=O)CC2)CC1. The van der Waals surface area contributed by atoms with Crippen molar-refractivity contribution in [1.82, 2.24) is 0 Å². The molecule has 0 spiro atoms. The maximum atomic E-state index is 10.5. The summed E-state index contributed by atoms with van der Waals surface area (Å²) in [4.78, 5) is 28.9. The number of benzene rings is 1. The molecule has 2 fully saturated rings. The van der Waals surface area contributed by atoms with Crippen LogP contribution in [0, 0.1) is 17.9 Å². The Bertz CT molecular complexity index is 593. The lowest BCUT2D eigenvalue weighted by Gasteiger charge is -2.40. The second kappa shape index (κ2) is 8.89. The first kappa shape index (κ1) is 17.8. The molecule has 2 aliphatic carbocycles. The minimum Gasteiger partial charge on any atom is -0.211 e. The number of hydrogen-bond donors (Lipinski definition) is 0. The van der Waals surface area contributed by atoms with Gasteiger partial charge >= 0.3 is 0 Å². The zero-order chi connectivity index (χ0) is 17.5. The van der Waals surface area contributed by atoms with Gasteiger partial charge in [-0.2, -0.15) is 0 Å². The Morgan fingerprint density at radius 3 is 1.64 bits per heavy atom. The molecule has 0 atom stereocenters. The smallest absolute Gasteiger partial charge is 0.211 e. The summed E-state index contributed by atoms with van der Waals surface area (Å²) < 4.78 is 0. The molecule has 0 unspecified atom stereocenters. The Hall–Kier alpha value is -2.02. The van der Waals surface area contributed by atoms with Crippen molar-refractivity contribution in [2.45, 2.75) is 69.4 Å². The molecular formula is C21H25N2O2. The normalized spacial score (nSPS) is 30.6. The Morgan fingerprint density at radius 2 is 1.24 bits per heavy atom. The monoisotopic (exact) mass is 337 g/mol. The van der Waals surface area contributed by atoms with Gasteiger partial charge in [-0.1, -0.05) is 24.3 Å². The molecule has 0 aliphatic heterocycles. The summed E-state index contributed by atoms with van der Waals surface area (Å²) in [6.45, 7) is 0. The molecule has 131 valence electrons. The molecule has 4 heteroatoms. The van der Waals surface area contributed by atoms with Gasteiger partial charge in [0.1, 0.15) is 0 Å². The van der Waals surface area contributed by atoms with Gasteiger partial charge < -0.3 is 0 Å². The lowest BCUT2D eigenvalue weighted by molar-refractivity contribution is 0.188. The third-order valence-corrected chi connectivity index (χ3v) is 6.10. The molecule has 0 bridgehead atoms. The zero-order valence-corrected chi connectivity index (χ0v) is 14.6. The quantitative estimate of drug-likeness (QED) is 0.592. The number of aliphatic imine (C=N–C) groups is 2. The summed E-state index contributed by atoms with van der Waals surface area (Å²) >= 11 is 0. The first-order chi connectivity index (χ1) is 12.3. The third kappa shape index (κ3) is 4.54. The predicted octanol–water partition coefficient (Wildman–Crippen LogP) is 4.36. The van der Waals surface area contributed by atoms with Gasteiger partial charge in [-0.15, -0.1) is 0 Å². The molecule has 4 nitrogen and oxygen atoms in total. The Balaban J connectivity index is 1.73. The van der Waals surface area contributed by atoms with E-state index in [2.05, 4.69) is 28.2 Å². The number of nitrogens with zero attached hydrogens (tertiary/aromatic N) is 2. The molecule has 1 aromatic rings. The van der Waals surface area contributed by atoms with Crippen LogP contribution in [0.1, 0.15) is 62.8 Å². The van der Waals surface area contributed by atoms with Crippen molar-refractivity contribution in [2.24, 2.45) is 21.8 Å². The van der Waals surface area contributed by atoms with Crippen molar-refractivity contribution in [3.63, 3.8) is 0 Å². The van der Waals surface area contributed by atoms with E-state index in [1.165, 1.54) is 5.56 Å². The minimum atomic E-state index is 0.163. The molecule has 25 heavy (non-hydrogen) atoms. The van der Waals surface area contributed by atoms with Crippen molar-refractivity contribution in [1.29, 1.82) is 0 Å². The summed E-state index contributed by atoms with van der Waals surface area (Å²) in [7, 11) is 0. The van der Waals surface area contributed by atoms with E-state index < -0.39 is 0 Å². The molecule has 2 aliphatic rings. The van der Waals surface area contributed by atoms with E-state index in [9.17, 15) is 9.59 Å². The summed E-state index contributed by atoms with van der Waals surface area (Å²) in [6, 6.07) is 11.9. The van der Waals surface area contributed by atoms with E-state index in [1.54, 1.807) is 12.2 Å². The van der Waals surface area contributed by atoms with Gasteiger partial charge in [-0.25, -0.2) is 19.6 Å². The van der Waals surface area contributed by atoms with Gasteiger partial charge in [0.05, 0.1) is 12.1 Å². The summed E-state index contributed by atoms with van der Waals surface area (Å²) in [6.07, 6.45) is 11.9. The van der Waals surface area contributed by atoms with Gasteiger partial charge in [-0.05, 0) is 80.8 Å². The molecular weight excluding hydrogens is 312 g/mol. The molecule has 1 radical (unpaired) electrons. The van der Waals surface area contributed by atoms with Gasteiger partial charge in [0.2, 0.25) is 12.2 Å². The van der Waals surface area contributed by atoms with Crippen LogP contribution < -0.4 is 0 Å². The van der Waals surface area contributed by atoms with Crippen molar-refractivity contribution in [3.05, 3.63) is 35.9 Å². The van der Waals surface area contributed by atoms with Crippen LogP contribution in [0.3, 0.4) is 0 Å².